The maximum absolute atomic E-state index is 4.33. The summed E-state index contributed by atoms with van der Waals surface area (Å²) in [5.41, 5.74) is 3.35. The Kier molecular flexibility index (Phi) is 1.68. The molecule has 12 heavy (non-hydrogen) atoms. The van der Waals surface area contributed by atoms with E-state index in [2.05, 4.69) is 38.9 Å². The average molecular weight is 225 g/mol. The molecular formula is C9H9BrN2. The summed E-state index contributed by atoms with van der Waals surface area (Å²) in [5.74, 6) is 0.961. The molecule has 2 rings (SSSR count). The topological polar surface area (TPSA) is 28.7 Å². The van der Waals surface area contributed by atoms with Gasteiger partial charge in [0.15, 0.2) is 0 Å². The lowest BCUT2D eigenvalue weighted by molar-refractivity contribution is 1.17. The largest absolute Gasteiger partial charge is 0.342 e. The summed E-state index contributed by atoms with van der Waals surface area (Å²) in [7, 11) is 0. The van der Waals surface area contributed by atoms with E-state index < -0.39 is 0 Å². The van der Waals surface area contributed by atoms with Crippen molar-refractivity contribution in [3.05, 3.63) is 28.0 Å². The molecule has 2 aromatic rings. The summed E-state index contributed by atoms with van der Waals surface area (Å²) in [6.45, 7) is 4.03. The van der Waals surface area contributed by atoms with E-state index >= 15 is 0 Å². The van der Waals surface area contributed by atoms with E-state index in [1.54, 1.807) is 0 Å². The third kappa shape index (κ3) is 1.14. The Hall–Kier alpha value is -0.830. The average Bonchev–Trinajstić information content (AvgIpc) is 2.30. The Morgan fingerprint density at radius 3 is 2.83 bits per heavy atom. The predicted octanol–water partition coefficient (Wildman–Crippen LogP) is 2.94. The molecule has 0 radical (unpaired) electrons. The summed E-state index contributed by atoms with van der Waals surface area (Å²) in [6.07, 6.45) is 0. The number of nitrogens with one attached hydrogen (secondary N) is 1. The van der Waals surface area contributed by atoms with Gasteiger partial charge in [-0.15, -0.1) is 0 Å². The van der Waals surface area contributed by atoms with E-state index in [1.807, 2.05) is 13.0 Å². The number of aromatic amines is 1. The SMILES string of the molecule is Cc1nc2cc(Br)c(C)cc2[nH]1. The molecule has 0 atom stereocenters. The van der Waals surface area contributed by atoms with Crippen molar-refractivity contribution in [3.63, 3.8) is 0 Å². The molecule has 1 aromatic carbocycles. The highest BCUT2D eigenvalue weighted by atomic mass is 79.9. The molecule has 0 aliphatic rings. The van der Waals surface area contributed by atoms with Crippen molar-refractivity contribution in [2.45, 2.75) is 13.8 Å². The zero-order valence-electron chi connectivity index (χ0n) is 6.98. The van der Waals surface area contributed by atoms with Crippen LogP contribution in [0.3, 0.4) is 0 Å². The van der Waals surface area contributed by atoms with Crippen molar-refractivity contribution < 1.29 is 0 Å². The number of benzene rings is 1. The van der Waals surface area contributed by atoms with Crippen molar-refractivity contribution in [1.82, 2.24) is 9.97 Å². The number of imidazole rings is 1. The van der Waals surface area contributed by atoms with Gasteiger partial charge in [0, 0.05) is 4.47 Å². The van der Waals surface area contributed by atoms with Crippen LogP contribution in [-0.2, 0) is 0 Å². The van der Waals surface area contributed by atoms with E-state index in [0.717, 1.165) is 21.3 Å². The lowest BCUT2D eigenvalue weighted by Crippen LogP contribution is -1.75. The van der Waals surface area contributed by atoms with Crippen LogP contribution in [0.5, 0.6) is 0 Å². The molecule has 0 fully saturated rings. The van der Waals surface area contributed by atoms with Crippen LogP contribution < -0.4 is 0 Å². The molecule has 0 saturated carbocycles. The third-order valence-corrected chi connectivity index (χ3v) is 2.74. The lowest BCUT2D eigenvalue weighted by atomic mass is 10.2. The van der Waals surface area contributed by atoms with Crippen LogP contribution in [0.4, 0.5) is 0 Å². The fourth-order valence-electron chi connectivity index (χ4n) is 1.27. The highest BCUT2D eigenvalue weighted by Gasteiger charge is 2.01. The molecule has 2 nitrogen and oxygen atoms in total. The fraction of sp³-hybridized carbons (Fsp3) is 0.222. The molecule has 0 aliphatic heterocycles. The number of nitrogens with zero attached hydrogens (tertiary/aromatic N) is 1. The molecule has 3 heteroatoms. The van der Waals surface area contributed by atoms with Crippen LogP contribution in [0.25, 0.3) is 11.0 Å². The molecular weight excluding hydrogens is 216 g/mol. The minimum atomic E-state index is 0.961. The fourth-order valence-corrected chi connectivity index (χ4v) is 1.60. The first-order chi connectivity index (χ1) is 5.66. The maximum atomic E-state index is 4.33. The third-order valence-electron chi connectivity index (χ3n) is 1.88. The highest BCUT2D eigenvalue weighted by Crippen LogP contribution is 2.21. The van der Waals surface area contributed by atoms with Crippen molar-refractivity contribution >= 4 is 27.0 Å². The van der Waals surface area contributed by atoms with Crippen LogP contribution in [0.15, 0.2) is 16.6 Å². The Morgan fingerprint density at radius 1 is 1.33 bits per heavy atom. The Morgan fingerprint density at radius 2 is 2.08 bits per heavy atom. The van der Waals surface area contributed by atoms with Crippen LogP contribution >= 0.6 is 15.9 Å². The van der Waals surface area contributed by atoms with Crippen LogP contribution in [-0.4, -0.2) is 9.97 Å². The van der Waals surface area contributed by atoms with Gasteiger partial charge in [-0.2, -0.15) is 0 Å². The van der Waals surface area contributed by atoms with Crippen molar-refractivity contribution in [2.24, 2.45) is 0 Å². The molecule has 1 N–H and O–H groups in total. The number of hydrogen-bond donors (Lipinski definition) is 1. The van der Waals surface area contributed by atoms with Gasteiger partial charge in [0.1, 0.15) is 5.82 Å². The molecule has 0 amide bonds. The van der Waals surface area contributed by atoms with E-state index in [1.165, 1.54) is 5.56 Å². The Balaban J connectivity index is 2.83. The first-order valence-electron chi connectivity index (χ1n) is 3.79. The normalized spacial score (nSPS) is 10.9. The summed E-state index contributed by atoms with van der Waals surface area (Å²) >= 11 is 3.47. The van der Waals surface area contributed by atoms with Gasteiger partial charge in [-0.25, -0.2) is 4.98 Å². The molecule has 0 spiro atoms. The standard InChI is InChI=1S/C9H9BrN2/c1-5-3-8-9(4-7(5)10)12-6(2)11-8/h3-4H,1-2H3,(H,11,12). The minimum Gasteiger partial charge on any atom is -0.342 e. The van der Waals surface area contributed by atoms with Crippen LogP contribution in [0.2, 0.25) is 0 Å². The number of H-pyrrole nitrogens is 1. The number of hydrogen-bond acceptors (Lipinski definition) is 1. The predicted molar refractivity (Wildman–Crippen MR) is 53.3 cm³/mol. The summed E-state index contributed by atoms with van der Waals surface area (Å²) in [6, 6.07) is 4.13. The molecule has 0 unspecified atom stereocenters. The molecule has 1 aromatic heterocycles. The first-order valence-corrected chi connectivity index (χ1v) is 4.58. The van der Waals surface area contributed by atoms with Gasteiger partial charge < -0.3 is 4.98 Å². The zero-order valence-corrected chi connectivity index (χ0v) is 8.57. The van der Waals surface area contributed by atoms with Gasteiger partial charge in [-0.05, 0) is 31.5 Å². The van der Waals surface area contributed by atoms with Gasteiger partial charge in [0.25, 0.3) is 0 Å². The Labute approximate surface area is 79.1 Å². The Bertz CT molecular complexity index is 392. The maximum Gasteiger partial charge on any atom is 0.104 e. The summed E-state index contributed by atoms with van der Waals surface area (Å²) in [5, 5.41) is 0. The second-order valence-electron chi connectivity index (χ2n) is 2.94. The van der Waals surface area contributed by atoms with E-state index in [9.17, 15) is 0 Å². The number of fused-ring (bicyclic) bond motifs is 1. The van der Waals surface area contributed by atoms with Crippen molar-refractivity contribution in [3.8, 4) is 0 Å². The molecule has 1 heterocycles. The highest BCUT2D eigenvalue weighted by molar-refractivity contribution is 9.10. The van der Waals surface area contributed by atoms with Crippen molar-refractivity contribution in [1.29, 1.82) is 0 Å². The van der Waals surface area contributed by atoms with Gasteiger partial charge >= 0.3 is 0 Å². The van der Waals surface area contributed by atoms with Crippen LogP contribution in [0, 0.1) is 13.8 Å². The second-order valence-corrected chi connectivity index (χ2v) is 3.80. The van der Waals surface area contributed by atoms with Crippen LogP contribution in [0.1, 0.15) is 11.4 Å². The number of aryl methyl sites for hydroxylation is 2. The monoisotopic (exact) mass is 224 g/mol. The van der Waals surface area contributed by atoms with Gasteiger partial charge in [-0.1, -0.05) is 15.9 Å². The van der Waals surface area contributed by atoms with E-state index in [-0.39, 0.29) is 0 Å². The lowest BCUT2D eigenvalue weighted by Gasteiger charge is -1.95. The smallest absolute Gasteiger partial charge is 0.104 e. The molecule has 0 aliphatic carbocycles. The quantitative estimate of drug-likeness (QED) is 0.733. The summed E-state index contributed by atoms with van der Waals surface area (Å²) in [4.78, 5) is 7.52. The molecule has 0 saturated heterocycles. The van der Waals surface area contributed by atoms with Gasteiger partial charge in [-0.3, -0.25) is 0 Å². The zero-order chi connectivity index (χ0) is 8.72. The van der Waals surface area contributed by atoms with E-state index in [0.29, 0.717) is 0 Å². The number of halogens is 1. The first kappa shape index (κ1) is 7.80. The van der Waals surface area contributed by atoms with Gasteiger partial charge in [0.2, 0.25) is 0 Å². The van der Waals surface area contributed by atoms with Crippen molar-refractivity contribution in [2.75, 3.05) is 0 Å². The van der Waals surface area contributed by atoms with Gasteiger partial charge in [0.05, 0.1) is 11.0 Å². The second kappa shape index (κ2) is 2.59. The minimum absolute atomic E-state index is 0.961. The summed E-state index contributed by atoms with van der Waals surface area (Å²) < 4.78 is 1.11. The molecule has 0 bridgehead atoms. The number of aromatic nitrogens is 2. The number of rotatable bonds is 0. The van der Waals surface area contributed by atoms with E-state index in [4.69, 9.17) is 0 Å². The molecule has 62 valence electrons.